The molecule has 1 aromatic carbocycles. The third-order valence-corrected chi connectivity index (χ3v) is 6.36. The maximum Gasteiger partial charge on any atom is 0.290 e. The van der Waals surface area contributed by atoms with E-state index in [1.165, 1.54) is 11.3 Å². The van der Waals surface area contributed by atoms with Crippen LogP contribution in [0.5, 0.6) is 5.75 Å². The molecular weight excluding hydrogens is 400 g/mol. The number of thiophene rings is 1. The topological polar surface area (TPSA) is 70.1 Å². The number of ether oxygens (including phenoxy) is 1. The van der Waals surface area contributed by atoms with E-state index in [9.17, 15) is 14.7 Å². The predicted molar refractivity (Wildman–Crippen MR) is 118 cm³/mol. The van der Waals surface area contributed by atoms with Crippen molar-refractivity contribution < 1.29 is 19.4 Å². The van der Waals surface area contributed by atoms with Gasteiger partial charge in [-0.05, 0) is 55.2 Å². The van der Waals surface area contributed by atoms with Crippen LogP contribution < -0.4 is 4.74 Å². The van der Waals surface area contributed by atoms with Crippen molar-refractivity contribution in [2.75, 3.05) is 33.3 Å². The van der Waals surface area contributed by atoms with E-state index in [0.717, 1.165) is 31.6 Å². The Hall–Kier alpha value is -2.64. The summed E-state index contributed by atoms with van der Waals surface area (Å²) in [5.41, 5.74) is 0.923. The summed E-state index contributed by atoms with van der Waals surface area (Å²) in [6.45, 7) is 7.40. The fourth-order valence-electron chi connectivity index (χ4n) is 3.79. The molecular formula is C23H28N2O4S. The Morgan fingerprint density at radius 2 is 1.90 bits per heavy atom. The summed E-state index contributed by atoms with van der Waals surface area (Å²) >= 11 is 1.30. The lowest BCUT2D eigenvalue weighted by Gasteiger charge is -2.28. The highest BCUT2D eigenvalue weighted by molar-refractivity contribution is 7.12. The molecule has 1 aliphatic heterocycles. The second-order valence-electron chi connectivity index (χ2n) is 7.12. The first-order valence-electron chi connectivity index (χ1n) is 10.2. The van der Waals surface area contributed by atoms with E-state index in [4.69, 9.17) is 4.74 Å². The summed E-state index contributed by atoms with van der Waals surface area (Å²) < 4.78 is 5.24. The molecule has 0 bridgehead atoms. The van der Waals surface area contributed by atoms with Gasteiger partial charge in [0.25, 0.3) is 5.91 Å². The lowest BCUT2D eigenvalue weighted by atomic mass is 9.95. The number of amides is 1. The van der Waals surface area contributed by atoms with Gasteiger partial charge < -0.3 is 19.6 Å². The number of hydrogen-bond donors (Lipinski definition) is 1. The Balaban J connectivity index is 1.93. The van der Waals surface area contributed by atoms with Crippen molar-refractivity contribution in [2.24, 2.45) is 0 Å². The quantitative estimate of drug-likeness (QED) is 0.578. The fourth-order valence-corrected chi connectivity index (χ4v) is 4.47. The monoisotopic (exact) mass is 428 g/mol. The number of aliphatic hydroxyl groups is 1. The molecule has 0 radical (unpaired) electrons. The van der Waals surface area contributed by atoms with Crippen molar-refractivity contribution in [3.63, 3.8) is 0 Å². The van der Waals surface area contributed by atoms with Gasteiger partial charge in [-0.2, -0.15) is 0 Å². The van der Waals surface area contributed by atoms with Crippen LogP contribution >= 0.6 is 11.3 Å². The van der Waals surface area contributed by atoms with Crippen LogP contribution in [0.1, 0.15) is 41.5 Å². The number of carbonyl (C=O) groups excluding carboxylic acids is 2. The number of nitrogens with zero attached hydrogens (tertiary/aromatic N) is 2. The van der Waals surface area contributed by atoms with E-state index in [1.54, 1.807) is 36.3 Å². The van der Waals surface area contributed by atoms with Crippen LogP contribution in [0.15, 0.2) is 53.1 Å². The Bertz CT molecular complexity index is 902. The molecule has 3 rings (SSSR count). The molecule has 1 atom stereocenters. The van der Waals surface area contributed by atoms with E-state index in [-0.39, 0.29) is 11.4 Å². The normalized spacial score (nSPS) is 16.6. The molecule has 6 nitrogen and oxygen atoms in total. The number of benzene rings is 1. The molecule has 0 saturated heterocycles. The third-order valence-electron chi connectivity index (χ3n) is 5.49. The zero-order chi connectivity index (χ0) is 21.7. The van der Waals surface area contributed by atoms with E-state index < -0.39 is 17.7 Å². The standard InChI is InChI=1S/C23H28N2O4S/c1-4-24(5-2)13-7-14-25-20(16-9-11-17(29-3)12-10-16)19(22(27)23(25)28)21(26)18-8-6-15-30-18/h6,8-12,15,20,27H,4-5,7,13-14H2,1-3H3. The maximum absolute atomic E-state index is 13.2. The average Bonchev–Trinajstić information content (AvgIpc) is 3.39. The van der Waals surface area contributed by atoms with E-state index in [0.29, 0.717) is 17.2 Å². The van der Waals surface area contributed by atoms with Crippen molar-refractivity contribution in [1.29, 1.82) is 0 Å². The van der Waals surface area contributed by atoms with Crippen molar-refractivity contribution in [3.05, 3.63) is 63.6 Å². The summed E-state index contributed by atoms with van der Waals surface area (Å²) in [4.78, 5) is 30.5. The summed E-state index contributed by atoms with van der Waals surface area (Å²) in [7, 11) is 1.59. The van der Waals surface area contributed by atoms with E-state index in [2.05, 4.69) is 18.7 Å². The van der Waals surface area contributed by atoms with Crippen molar-refractivity contribution >= 4 is 23.0 Å². The number of aliphatic hydroxyl groups excluding tert-OH is 1. The number of hydrogen-bond acceptors (Lipinski definition) is 6. The van der Waals surface area contributed by atoms with Gasteiger partial charge in [0.2, 0.25) is 5.78 Å². The summed E-state index contributed by atoms with van der Waals surface area (Å²) in [6, 6.07) is 10.2. The maximum atomic E-state index is 13.2. The second kappa shape index (κ2) is 9.91. The summed E-state index contributed by atoms with van der Waals surface area (Å²) in [6.07, 6.45) is 0.758. The van der Waals surface area contributed by atoms with Crippen LogP contribution in [0.25, 0.3) is 0 Å². The molecule has 0 fully saturated rings. The van der Waals surface area contributed by atoms with Crippen LogP contribution in [-0.4, -0.2) is 59.9 Å². The van der Waals surface area contributed by atoms with Crippen molar-refractivity contribution in [3.8, 4) is 5.75 Å². The highest BCUT2D eigenvalue weighted by Gasteiger charge is 2.43. The first kappa shape index (κ1) is 22.1. The average molecular weight is 429 g/mol. The van der Waals surface area contributed by atoms with Crippen LogP contribution in [0, 0.1) is 0 Å². The minimum atomic E-state index is -0.616. The van der Waals surface area contributed by atoms with Crippen LogP contribution in [0.2, 0.25) is 0 Å². The van der Waals surface area contributed by atoms with Crippen LogP contribution in [-0.2, 0) is 4.79 Å². The number of carbonyl (C=O) groups is 2. The Labute approximate surface area is 181 Å². The SMILES string of the molecule is CCN(CC)CCCN1C(=O)C(O)=C(C(=O)c2cccs2)C1c1ccc(OC)cc1. The van der Waals surface area contributed by atoms with Gasteiger partial charge in [0.05, 0.1) is 23.6 Å². The smallest absolute Gasteiger partial charge is 0.290 e. The van der Waals surface area contributed by atoms with Crippen LogP contribution in [0.4, 0.5) is 0 Å². The molecule has 2 aromatic rings. The van der Waals surface area contributed by atoms with E-state index >= 15 is 0 Å². The molecule has 7 heteroatoms. The molecule has 0 saturated carbocycles. The zero-order valence-corrected chi connectivity index (χ0v) is 18.4. The summed E-state index contributed by atoms with van der Waals surface area (Å²) in [5.74, 6) is -0.550. The number of ketones is 1. The highest BCUT2D eigenvalue weighted by atomic mass is 32.1. The number of methoxy groups -OCH3 is 1. The van der Waals surface area contributed by atoms with E-state index in [1.807, 2.05) is 17.5 Å². The molecule has 2 heterocycles. The molecule has 1 unspecified atom stereocenters. The van der Waals surface area contributed by atoms with Gasteiger partial charge in [-0.15, -0.1) is 11.3 Å². The molecule has 1 aliphatic rings. The predicted octanol–water partition coefficient (Wildman–Crippen LogP) is 4.07. The first-order chi connectivity index (χ1) is 14.5. The van der Waals surface area contributed by atoms with Gasteiger partial charge in [0.15, 0.2) is 5.76 Å². The van der Waals surface area contributed by atoms with Crippen LogP contribution in [0.3, 0.4) is 0 Å². The van der Waals surface area contributed by atoms with Gasteiger partial charge in [0.1, 0.15) is 5.75 Å². The van der Waals surface area contributed by atoms with Gasteiger partial charge in [-0.25, -0.2) is 0 Å². The lowest BCUT2D eigenvalue weighted by molar-refractivity contribution is -0.129. The minimum absolute atomic E-state index is 0.149. The first-order valence-corrected chi connectivity index (χ1v) is 11.1. The molecule has 1 N–H and O–H groups in total. The molecule has 160 valence electrons. The molecule has 1 aromatic heterocycles. The lowest BCUT2D eigenvalue weighted by Crippen LogP contribution is -2.34. The van der Waals surface area contributed by atoms with Gasteiger partial charge in [-0.1, -0.05) is 32.0 Å². The molecule has 1 amide bonds. The Morgan fingerprint density at radius 1 is 1.20 bits per heavy atom. The third kappa shape index (κ3) is 4.42. The molecule has 30 heavy (non-hydrogen) atoms. The number of rotatable bonds is 10. The van der Waals surface area contributed by atoms with Crippen molar-refractivity contribution in [1.82, 2.24) is 9.80 Å². The van der Waals surface area contributed by atoms with Gasteiger partial charge in [0, 0.05) is 6.54 Å². The van der Waals surface area contributed by atoms with Crippen molar-refractivity contribution in [2.45, 2.75) is 26.3 Å². The molecule has 0 spiro atoms. The largest absolute Gasteiger partial charge is 0.503 e. The van der Waals surface area contributed by atoms with Gasteiger partial charge in [-0.3, -0.25) is 9.59 Å². The summed E-state index contributed by atoms with van der Waals surface area (Å²) in [5, 5.41) is 12.5. The van der Waals surface area contributed by atoms with Gasteiger partial charge >= 0.3 is 0 Å². The zero-order valence-electron chi connectivity index (χ0n) is 17.6. The highest BCUT2D eigenvalue weighted by Crippen LogP contribution is 2.40. The number of Topliss-reactive ketones (excluding diaryl/α,β-unsaturated/α-hetero) is 1. The minimum Gasteiger partial charge on any atom is -0.503 e. The Morgan fingerprint density at radius 3 is 2.47 bits per heavy atom. The second-order valence-corrected chi connectivity index (χ2v) is 8.07. The Kier molecular flexibility index (Phi) is 7.29. The fraction of sp³-hybridized carbons (Fsp3) is 0.391. The molecule has 0 aliphatic carbocycles.